The van der Waals surface area contributed by atoms with Crippen molar-refractivity contribution < 1.29 is 37.4 Å². The second kappa shape index (κ2) is 19.1. The predicted molar refractivity (Wildman–Crippen MR) is 129 cm³/mol. The van der Waals surface area contributed by atoms with Gasteiger partial charge in [-0.3, -0.25) is 33.2 Å². The van der Waals surface area contributed by atoms with Gasteiger partial charge in [0, 0.05) is 11.1 Å². The lowest BCUT2D eigenvalue weighted by Crippen LogP contribution is -3.00. The fourth-order valence-electron chi connectivity index (χ4n) is 1.81. The third-order valence-electron chi connectivity index (χ3n) is 3.31. The number of carbonyl (C=O) groups is 1. The van der Waals surface area contributed by atoms with E-state index in [1.54, 1.807) is 37.6 Å². The zero-order valence-corrected chi connectivity index (χ0v) is 19.4. The molecule has 0 spiro atoms. The summed E-state index contributed by atoms with van der Waals surface area (Å²) < 4.78 is 4.90. The number of halogens is 1. The Hall–Kier alpha value is -4.65. The van der Waals surface area contributed by atoms with Crippen LogP contribution in [0.1, 0.15) is 21.5 Å². The van der Waals surface area contributed by atoms with Gasteiger partial charge < -0.3 is 28.6 Å². The van der Waals surface area contributed by atoms with Crippen molar-refractivity contribution in [3.8, 4) is 5.75 Å². The molecule has 0 fully saturated rings. The Bertz CT molecular complexity index is 965. The van der Waals surface area contributed by atoms with E-state index in [-0.39, 0.29) is 24.3 Å². The van der Waals surface area contributed by atoms with Crippen LogP contribution in [-0.2, 0) is 0 Å². The monoisotopic (exact) mass is 493 g/mol. The van der Waals surface area contributed by atoms with E-state index in [0.717, 1.165) is 23.2 Å². The van der Waals surface area contributed by atoms with Gasteiger partial charge in [-0.15, -0.1) is 5.10 Å². The molecular weight excluding hydrogens is 462 g/mol. The minimum absolute atomic E-state index is 0. The summed E-state index contributed by atoms with van der Waals surface area (Å²) in [7, 11) is 1.59. The summed E-state index contributed by atoms with van der Waals surface area (Å²) in [5, 5.41) is 14.5. The molecule has 0 heterocycles. The first-order valence-corrected chi connectivity index (χ1v) is 9.31. The molecule has 2 rings (SSSR count). The third kappa shape index (κ3) is 17.1. The number of methoxy groups -OCH3 is 1. The predicted octanol–water partition coefficient (Wildman–Crippen LogP) is -9.36. The van der Waals surface area contributed by atoms with Crippen molar-refractivity contribution >= 4 is 36.5 Å². The van der Waals surface area contributed by atoms with Gasteiger partial charge in [0.15, 0.2) is 6.21 Å². The van der Waals surface area contributed by atoms with Crippen molar-refractivity contribution in [3.63, 3.8) is 0 Å². The van der Waals surface area contributed by atoms with Gasteiger partial charge in [0.05, 0.1) is 13.3 Å². The lowest BCUT2D eigenvalue weighted by molar-refractivity contribution is -0.471. The fraction of sp³-hybridized carbons (Fsp3) is 0.100. The first kappa shape index (κ1) is 31.5. The summed E-state index contributed by atoms with van der Waals surface area (Å²) in [6, 6.07) is 14.5. The Morgan fingerprint density at radius 1 is 0.971 bits per heavy atom. The van der Waals surface area contributed by atoms with E-state index in [2.05, 4.69) is 21.0 Å². The second-order valence-corrected chi connectivity index (χ2v) is 6.03. The van der Waals surface area contributed by atoms with Crippen LogP contribution in [0, 0.1) is 0 Å². The summed E-state index contributed by atoms with van der Waals surface area (Å²) in [4.78, 5) is 13.1. The molecule has 0 saturated carbocycles. The van der Waals surface area contributed by atoms with Crippen LogP contribution < -0.4 is 67.2 Å². The minimum atomic E-state index is -0.0731. The smallest absolute Gasteiger partial charge is 0.360 e. The molecule has 0 saturated heterocycles. The average molecular weight is 494 g/mol. The fourth-order valence-corrected chi connectivity index (χ4v) is 1.81. The Morgan fingerprint density at radius 3 is 1.88 bits per heavy atom. The van der Waals surface area contributed by atoms with Crippen molar-refractivity contribution in [2.45, 2.75) is 0 Å². The number of hydrogen-bond donors (Lipinski definition) is 9. The number of nitrogens with zero attached hydrogens (tertiary/aromatic N) is 2. The van der Waals surface area contributed by atoms with Gasteiger partial charge in [-0.05, 0) is 42.0 Å². The molecule has 2 aromatic carbocycles. The number of rotatable bonds is 7. The molecule has 0 amide bonds. The maximum atomic E-state index is 10.2. The van der Waals surface area contributed by atoms with E-state index in [0.29, 0.717) is 17.9 Å². The minimum Gasteiger partial charge on any atom is -1.00 e. The normalized spacial score (nSPS) is 9.32. The van der Waals surface area contributed by atoms with Crippen LogP contribution in [0.5, 0.6) is 5.75 Å². The molecule has 16 N–H and O–H groups in total. The Morgan fingerprint density at radius 2 is 1.47 bits per heavy atom. The second-order valence-electron chi connectivity index (χ2n) is 6.03. The molecular formula is C20H32ClN11O2+2. The molecule has 0 aliphatic carbocycles. The number of ether oxygens (including phenoxy) is 1. The molecule has 0 bridgehead atoms. The maximum Gasteiger partial charge on any atom is 0.360 e. The maximum absolute atomic E-state index is 10.2. The van der Waals surface area contributed by atoms with Gasteiger partial charge in [0.25, 0.3) is 0 Å². The van der Waals surface area contributed by atoms with Crippen molar-refractivity contribution in [1.29, 1.82) is 0 Å². The number of amidine groups is 1. The van der Waals surface area contributed by atoms with Crippen LogP contribution in [0.4, 0.5) is 0 Å². The van der Waals surface area contributed by atoms with E-state index in [4.69, 9.17) is 38.8 Å². The molecule has 0 atom stereocenters. The van der Waals surface area contributed by atoms with Crippen LogP contribution in [0.25, 0.3) is 0 Å². The molecule has 0 unspecified atom stereocenters. The van der Waals surface area contributed by atoms with Crippen LogP contribution in [0.15, 0.2) is 58.7 Å². The molecule has 13 nitrogen and oxygen atoms in total. The third-order valence-corrected chi connectivity index (χ3v) is 3.31. The Labute approximate surface area is 203 Å². The van der Waals surface area contributed by atoms with E-state index in [9.17, 15) is 4.79 Å². The number of hydrazine groups is 1. The van der Waals surface area contributed by atoms with Crippen LogP contribution in [0.2, 0.25) is 0 Å². The number of hydrogen-bond acceptors (Lipinski definition) is 5. The summed E-state index contributed by atoms with van der Waals surface area (Å²) in [6.45, 7) is 0.438. The quantitative estimate of drug-likeness (QED) is 0.0586. The highest BCUT2D eigenvalue weighted by Crippen LogP contribution is 2.09. The van der Waals surface area contributed by atoms with E-state index in [1.165, 1.54) is 0 Å². The highest BCUT2D eigenvalue weighted by atomic mass is 35.5. The molecule has 184 valence electrons. The van der Waals surface area contributed by atoms with E-state index >= 15 is 0 Å². The number of benzene rings is 2. The van der Waals surface area contributed by atoms with Gasteiger partial charge in [-0.2, -0.15) is 10.2 Å². The van der Waals surface area contributed by atoms with Crippen molar-refractivity contribution in [2.75, 3.05) is 13.7 Å². The van der Waals surface area contributed by atoms with Gasteiger partial charge in [0.1, 0.15) is 12.0 Å². The highest BCUT2D eigenvalue weighted by molar-refractivity contribution is 5.83. The summed E-state index contributed by atoms with van der Waals surface area (Å²) in [5.74, 6) is 5.70. The van der Waals surface area contributed by atoms with Crippen LogP contribution in [-0.4, -0.2) is 50.1 Å². The molecule has 2 aromatic rings. The van der Waals surface area contributed by atoms with Gasteiger partial charge in [-0.25, -0.2) is 4.99 Å². The van der Waals surface area contributed by atoms with E-state index in [1.807, 2.05) is 35.6 Å². The summed E-state index contributed by atoms with van der Waals surface area (Å²) in [6.07, 6.45) is 4.18. The van der Waals surface area contributed by atoms with Crippen LogP contribution in [0.3, 0.4) is 0 Å². The number of guanidine groups is 2. The van der Waals surface area contributed by atoms with Crippen molar-refractivity contribution in [2.24, 2.45) is 44.7 Å². The first-order valence-electron chi connectivity index (χ1n) is 9.31. The van der Waals surface area contributed by atoms with Gasteiger partial charge in [0.2, 0.25) is 12.5 Å². The van der Waals surface area contributed by atoms with E-state index < -0.39 is 0 Å². The number of aldehydes is 1. The molecule has 0 aromatic heterocycles. The number of hydrazone groups is 1. The summed E-state index contributed by atoms with van der Waals surface area (Å²) >= 11 is 0. The number of nitrogens with two attached hydrogens (primary N) is 7. The zero-order chi connectivity index (χ0) is 25.1. The lowest BCUT2D eigenvalue weighted by atomic mass is 10.2. The Balaban J connectivity index is 0. The van der Waals surface area contributed by atoms with Crippen molar-refractivity contribution in [3.05, 3.63) is 65.2 Å². The molecule has 0 aliphatic rings. The van der Waals surface area contributed by atoms with Gasteiger partial charge in [-0.1, -0.05) is 12.1 Å². The highest BCUT2D eigenvalue weighted by Gasteiger charge is 1.96. The Kier molecular flexibility index (Phi) is 17.7. The molecule has 14 heteroatoms. The van der Waals surface area contributed by atoms with Crippen molar-refractivity contribution in [1.82, 2.24) is 0 Å². The lowest BCUT2D eigenvalue weighted by Gasteiger charge is -1.96. The zero-order valence-electron chi connectivity index (χ0n) is 18.7. The standard InChI is InChI=1S/C11H15N7.C8H8O2.CH6N4.ClH/c12-10(13)7-16-5-8-1-3-9(4-2-8)6-17-18-11(14)15;1-10-8-4-2-7(6-9)3-5-8;2-1(3)5-4;/h1-6H,7H2,(H3,12,13)(H4,14,15,18);2-6H,1H3;4H2,(H4,2,3,5);1H/p+2/b16-5?,17-6+;;;. The topological polar surface area (TPSA) is 261 Å². The average Bonchev–Trinajstić information content (AvgIpc) is 2.80. The van der Waals surface area contributed by atoms with Gasteiger partial charge >= 0.3 is 11.8 Å². The number of nitrogens with one attached hydrogen (secondary N) is 2. The largest absolute Gasteiger partial charge is 1.00 e. The molecule has 34 heavy (non-hydrogen) atoms. The molecule has 0 aliphatic heterocycles. The molecule has 0 radical (unpaired) electrons. The first-order chi connectivity index (χ1) is 15.7. The number of carbonyl (C=O) groups excluding carboxylic acids is 1. The van der Waals surface area contributed by atoms with Crippen LogP contribution >= 0.6 is 0 Å². The summed E-state index contributed by atoms with van der Waals surface area (Å²) in [5.41, 5.74) is 27.7. The SMILES string of the molecule is COc1ccc(C=O)cc1.NC(=[NH2+])C[NH+]=Cc1ccc(/C=N/N=C(N)N)cc1.N[NH+]=C(N)N.[Cl-].